The third kappa shape index (κ3) is 5.84. The summed E-state index contributed by atoms with van der Waals surface area (Å²) in [5.41, 5.74) is 0.923. The number of rotatable bonds is 9. The number of anilines is 1. The zero-order valence-corrected chi connectivity index (χ0v) is 11.8. The van der Waals surface area contributed by atoms with Gasteiger partial charge in [0.25, 0.3) is 0 Å². The molecular formula is C14H25N3O. The van der Waals surface area contributed by atoms with Crippen LogP contribution in [-0.4, -0.2) is 23.6 Å². The van der Waals surface area contributed by atoms with E-state index in [2.05, 4.69) is 22.2 Å². The highest BCUT2D eigenvalue weighted by atomic mass is 16.5. The Morgan fingerprint density at radius 2 is 1.83 bits per heavy atom. The van der Waals surface area contributed by atoms with Crippen LogP contribution in [-0.2, 0) is 0 Å². The highest BCUT2D eigenvalue weighted by Crippen LogP contribution is 2.12. The maximum atomic E-state index is 5.64. The molecule has 0 aromatic carbocycles. The zero-order chi connectivity index (χ0) is 13.2. The van der Waals surface area contributed by atoms with Crippen LogP contribution in [0.25, 0.3) is 0 Å². The molecule has 4 heteroatoms. The molecule has 18 heavy (non-hydrogen) atoms. The number of nitrogens with zero attached hydrogens (tertiary/aromatic N) is 2. The number of ether oxygens (including phenoxy) is 1. The Balaban J connectivity index is 2.20. The van der Waals surface area contributed by atoms with Crippen molar-refractivity contribution in [2.45, 2.75) is 52.4 Å². The smallest absolute Gasteiger partial charge is 0.225 e. The molecular weight excluding hydrogens is 226 g/mol. The first-order chi connectivity index (χ1) is 8.76. The average molecular weight is 251 g/mol. The quantitative estimate of drug-likeness (QED) is 0.682. The van der Waals surface area contributed by atoms with Crippen LogP contribution < -0.4 is 10.1 Å². The second kappa shape index (κ2) is 8.72. The molecule has 0 aliphatic rings. The van der Waals surface area contributed by atoms with Crippen LogP contribution >= 0.6 is 0 Å². The van der Waals surface area contributed by atoms with Gasteiger partial charge in [-0.1, -0.05) is 39.0 Å². The molecule has 0 fully saturated rings. The van der Waals surface area contributed by atoms with Gasteiger partial charge < -0.3 is 10.1 Å². The summed E-state index contributed by atoms with van der Waals surface area (Å²) in [6.45, 7) is 4.92. The molecule has 0 radical (unpaired) electrons. The fraction of sp³-hybridized carbons (Fsp3) is 0.714. The van der Waals surface area contributed by atoms with Crippen molar-refractivity contribution in [3.05, 3.63) is 11.8 Å². The number of nitrogens with one attached hydrogen (secondary N) is 1. The van der Waals surface area contributed by atoms with Crippen LogP contribution in [0.1, 0.15) is 51.1 Å². The molecule has 0 bridgehead atoms. The van der Waals surface area contributed by atoms with E-state index >= 15 is 0 Å². The molecule has 102 valence electrons. The molecule has 0 spiro atoms. The van der Waals surface area contributed by atoms with Gasteiger partial charge >= 0.3 is 0 Å². The van der Waals surface area contributed by atoms with Gasteiger partial charge in [-0.05, 0) is 13.3 Å². The monoisotopic (exact) mass is 251 g/mol. The number of aromatic nitrogens is 2. The summed E-state index contributed by atoms with van der Waals surface area (Å²) in [5, 5.41) is 2.93. The number of unbranched alkanes of at least 4 members (excludes halogenated alkanes) is 5. The van der Waals surface area contributed by atoms with Crippen molar-refractivity contribution < 1.29 is 4.74 Å². The molecule has 4 nitrogen and oxygen atoms in total. The molecule has 0 saturated carbocycles. The minimum Gasteiger partial charge on any atom is -0.478 e. The summed E-state index contributed by atoms with van der Waals surface area (Å²) < 4.78 is 5.64. The van der Waals surface area contributed by atoms with Crippen molar-refractivity contribution >= 4 is 5.95 Å². The van der Waals surface area contributed by atoms with Gasteiger partial charge in [0.1, 0.15) is 0 Å². The van der Waals surface area contributed by atoms with Crippen molar-refractivity contribution in [1.82, 2.24) is 9.97 Å². The minimum atomic E-state index is 0.618. The lowest BCUT2D eigenvalue weighted by Gasteiger charge is -2.07. The first-order valence-corrected chi connectivity index (χ1v) is 6.92. The number of hydrogen-bond acceptors (Lipinski definition) is 4. The maximum Gasteiger partial charge on any atom is 0.225 e. The van der Waals surface area contributed by atoms with Gasteiger partial charge in [0, 0.05) is 18.8 Å². The molecule has 1 rings (SSSR count). The van der Waals surface area contributed by atoms with Crippen molar-refractivity contribution in [1.29, 1.82) is 0 Å². The largest absolute Gasteiger partial charge is 0.478 e. The molecule has 0 aliphatic heterocycles. The molecule has 1 N–H and O–H groups in total. The van der Waals surface area contributed by atoms with E-state index in [1.807, 2.05) is 20.0 Å². The molecule has 0 saturated heterocycles. The normalized spacial score (nSPS) is 10.4. The molecule has 0 unspecified atom stereocenters. The second-order valence-corrected chi connectivity index (χ2v) is 4.54. The van der Waals surface area contributed by atoms with Crippen molar-refractivity contribution in [2.24, 2.45) is 0 Å². The first kappa shape index (κ1) is 14.7. The van der Waals surface area contributed by atoms with Crippen LogP contribution in [0.15, 0.2) is 6.07 Å². The lowest BCUT2D eigenvalue weighted by atomic mass is 10.1. The predicted octanol–water partition coefficient (Wildman–Crippen LogP) is 3.57. The van der Waals surface area contributed by atoms with E-state index in [0.29, 0.717) is 11.8 Å². The average Bonchev–Trinajstić information content (AvgIpc) is 2.37. The fourth-order valence-electron chi connectivity index (χ4n) is 1.78. The van der Waals surface area contributed by atoms with Gasteiger partial charge in [0.05, 0.1) is 6.61 Å². The van der Waals surface area contributed by atoms with Crippen LogP contribution in [0.3, 0.4) is 0 Å². The van der Waals surface area contributed by atoms with Crippen molar-refractivity contribution in [2.75, 3.05) is 19.0 Å². The van der Waals surface area contributed by atoms with E-state index in [1.54, 1.807) is 0 Å². The number of hydrogen-bond donors (Lipinski definition) is 1. The summed E-state index contributed by atoms with van der Waals surface area (Å²) in [7, 11) is 1.81. The van der Waals surface area contributed by atoms with E-state index < -0.39 is 0 Å². The Bertz CT molecular complexity index is 342. The number of aryl methyl sites for hydroxylation is 1. The fourth-order valence-corrected chi connectivity index (χ4v) is 1.78. The Morgan fingerprint density at radius 3 is 2.56 bits per heavy atom. The molecule has 1 aromatic heterocycles. The van der Waals surface area contributed by atoms with E-state index in [4.69, 9.17) is 4.74 Å². The minimum absolute atomic E-state index is 0.618. The third-order valence-corrected chi connectivity index (χ3v) is 2.80. The van der Waals surface area contributed by atoms with E-state index in [-0.39, 0.29) is 0 Å². The predicted molar refractivity (Wildman–Crippen MR) is 75.2 cm³/mol. The van der Waals surface area contributed by atoms with Gasteiger partial charge in [-0.15, -0.1) is 0 Å². The van der Waals surface area contributed by atoms with Crippen LogP contribution in [0, 0.1) is 6.92 Å². The summed E-state index contributed by atoms with van der Waals surface area (Å²) in [6, 6.07) is 1.87. The lowest BCUT2D eigenvalue weighted by molar-refractivity contribution is 0.293. The Morgan fingerprint density at radius 1 is 1.11 bits per heavy atom. The molecule has 0 amide bonds. The summed E-state index contributed by atoms with van der Waals surface area (Å²) in [4.78, 5) is 8.48. The summed E-state index contributed by atoms with van der Waals surface area (Å²) in [5.74, 6) is 1.29. The van der Waals surface area contributed by atoms with E-state index in [0.717, 1.165) is 18.7 Å². The van der Waals surface area contributed by atoms with Gasteiger partial charge in [-0.3, -0.25) is 0 Å². The van der Waals surface area contributed by atoms with Gasteiger partial charge in [0.2, 0.25) is 11.8 Å². The molecule has 1 aromatic rings. The second-order valence-electron chi connectivity index (χ2n) is 4.54. The Hall–Kier alpha value is -1.32. The SMILES string of the molecule is CCCCCCCCOc1cc(C)nc(NC)n1. The van der Waals surface area contributed by atoms with Crippen molar-refractivity contribution in [3.8, 4) is 5.88 Å². The molecule has 0 aliphatic carbocycles. The zero-order valence-electron chi connectivity index (χ0n) is 11.8. The Labute approximate surface area is 110 Å². The highest BCUT2D eigenvalue weighted by molar-refractivity contribution is 5.29. The third-order valence-electron chi connectivity index (χ3n) is 2.80. The summed E-state index contributed by atoms with van der Waals surface area (Å²) in [6.07, 6.45) is 7.63. The summed E-state index contributed by atoms with van der Waals surface area (Å²) >= 11 is 0. The van der Waals surface area contributed by atoms with Gasteiger partial charge in [-0.25, -0.2) is 4.98 Å². The lowest BCUT2D eigenvalue weighted by Crippen LogP contribution is -2.03. The highest BCUT2D eigenvalue weighted by Gasteiger charge is 2.01. The van der Waals surface area contributed by atoms with Gasteiger partial charge in [-0.2, -0.15) is 4.98 Å². The standard InChI is InChI=1S/C14H25N3O/c1-4-5-6-7-8-9-10-18-13-11-12(2)16-14(15-3)17-13/h11H,4-10H2,1-3H3,(H,15,16,17). The van der Waals surface area contributed by atoms with E-state index in [9.17, 15) is 0 Å². The first-order valence-electron chi connectivity index (χ1n) is 6.92. The van der Waals surface area contributed by atoms with E-state index in [1.165, 1.54) is 32.1 Å². The van der Waals surface area contributed by atoms with Crippen LogP contribution in [0.4, 0.5) is 5.95 Å². The topological polar surface area (TPSA) is 47.0 Å². The molecule has 0 atom stereocenters. The Kier molecular flexibility index (Phi) is 7.14. The molecule has 1 heterocycles. The van der Waals surface area contributed by atoms with Gasteiger partial charge in [0.15, 0.2) is 0 Å². The maximum absolute atomic E-state index is 5.64. The van der Waals surface area contributed by atoms with Crippen LogP contribution in [0.2, 0.25) is 0 Å². The van der Waals surface area contributed by atoms with Crippen molar-refractivity contribution in [3.63, 3.8) is 0 Å². The van der Waals surface area contributed by atoms with Crippen LogP contribution in [0.5, 0.6) is 5.88 Å².